The average molecular weight is 370 g/mol. The molecule has 1 aliphatic heterocycles. The largest absolute Gasteiger partial charge is 0.385 e. The Bertz CT molecular complexity index is 882. The van der Waals surface area contributed by atoms with Crippen LogP contribution in [-0.2, 0) is 0 Å². The molecule has 1 unspecified atom stereocenters. The summed E-state index contributed by atoms with van der Waals surface area (Å²) in [7, 11) is 0. The molecule has 1 N–H and O–H groups in total. The van der Waals surface area contributed by atoms with Crippen molar-refractivity contribution in [3.8, 4) is 0 Å². The van der Waals surface area contributed by atoms with Gasteiger partial charge in [-0.05, 0) is 50.9 Å². The van der Waals surface area contributed by atoms with Crippen LogP contribution in [0.3, 0.4) is 0 Å². The van der Waals surface area contributed by atoms with Gasteiger partial charge in [-0.1, -0.05) is 0 Å². The van der Waals surface area contributed by atoms with E-state index in [1.807, 2.05) is 16.0 Å². The Balaban J connectivity index is 1.26. The first kappa shape index (κ1) is 16.3. The molecule has 0 radical (unpaired) electrons. The molecule has 3 aromatic rings. The Morgan fingerprint density at radius 1 is 1.12 bits per heavy atom. The fraction of sp³-hybridized carbons (Fsp3) is 0.556. The van der Waals surface area contributed by atoms with Crippen molar-refractivity contribution in [2.75, 3.05) is 19.6 Å². The number of piperidine rings is 1. The third-order valence-corrected chi connectivity index (χ3v) is 6.08. The summed E-state index contributed by atoms with van der Waals surface area (Å²) in [5, 5.41) is 25.8. The van der Waals surface area contributed by atoms with E-state index in [1.165, 1.54) is 29.9 Å². The predicted molar refractivity (Wildman–Crippen MR) is 98.2 cm³/mol. The first-order chi connectivity index (χ1) is 12.8. The van der Waals surface area contributed by atoms with E-state index in [0.29, 0.717) is 18.4 Å². The molecular weight excluding hydrogens is 348 g/mol. The summed E-state index contributed by atoms with van der Waals surface area (Å²) >= 11 is 1.52. The van der Waals surface area contributed by atoms with Crippen LogP contribution in [-0.4, -0.2) is 54.4 Å². The van der Waals surface area contributed by atoms with Gasteiger partial charge in [0.1, 0.15) is 6.10 Å². The number of nitrogens with zero attached hydrogens (tertiary/aromatic N) is 6. The zero-order chi connectivity index (χ0) is 17.5. The average Bonchev–Trinajstić information content (AvgIpc) is 3.20. The van der Waals surface area contributed by atoms with Crippen molar-refractivity contribution in [3.05, 3.63) is 40.2 Å². The van der Waals surface area contributed by atoms with Crippen LogP contribution in [0.2, 0.25) is 0 Å². The number of aliphatic hydroxyl groups is 1. The molecule has 136 valence electrons. The van der Waals surface area contributed by atoms with Crippen LogP contribution < -0.4 is 0 Å². The standard InChI is InChI=1S/C18H22N6OS/c25-16(15-10-26-11-19-15)9-23-7-5-13(6-8-23)18-21-20-17-4-3-14(12-1-2-12)22-24(17)18/h3-4,10-13,16,25H,1-2,5-9H2. The van der Waals surface area contributed by atoms with Gasteiger partial charge >= 0.3 is 0 Å². The normalized spacial score (nSPS) is 20.7. The second-order valence-electron chi connectivity index (χ2n) is 7.36. The van der Waals surface area contributed by atoms with Gasteiger partial charge in [0.25, 0.3) is 0 Å². The molecule has 0 spiro atoms. The molecule has 2 aliphatic rings. The summed E-state index contributed by atoms with van der Waals surface area (Å²) in [4.78, 5) is 6.52. The van der Waals surface area contributed by atoms with Crippen LogP contribution >= 0.6 is 11.3 Å². The lowest BCUT2D eigenvalue weighted by Crippen LogP contribution is -2.36. The molecule has 26 heavy (non-hydrogen) atoms. The number of rotatable bonds is 5. The van der Waals surface area contributed by atoms with Gasteiger partial charge in [0.15, 0.2) is 11.5 Å². The molecule has 0 bridgehead atoms. The topological polar surface area (TPSA) is 79.4 Å². The molecule has 5 rings (SSSR count). The lowest BCUT2D eigenvalue weighted by molar-refractivity contribution is 0.0940. The smallest absolute Gasteiger partial charge is 0.177 e. The van der Waals surface area contributed by atoms with Gasteiger partial charge in [-0.15, -0.1) is 21.5 Å². The fourth-order valence-corrected chi connectivity index (χ4v) is 4.37. The molecule has 7 nitrogen and oxygen atoms in total. The van der Waals surface area contributed by atoms with Gasteiger partial charge in [-0.3, -0.25) is 0 Å². The molecule has 2 fully saturated rings. The third-order valence-electron chi connectivity index (χ3n) is 5.48. The van der Waals surface area contributed by atoms with Crippen molar-refractivity contribution < 1.29 is 5.11 Å². The van der Waals surface area contributed by atoms with E-state index in [1.54, 1.807) is 5.51 Å². The van der Waals surface area contributed by atoms with E-state index in [4.69, 9.17) is 5.10 Å². The Morgan fingerprint density at radius 2 is 1.96 bits per heavy atom. The number of thiazole rings is 1. The Labute approximate surface area is 155 Å². The van der Waals surface area contributed by atoms with Crippen molar-refractivity contribution in [2.24, 2.45) is 0 Å². The summed E-state index contributed by atoms with van der Waals surface area (Å²) < 4.78 is 1.96. The summed E-state index contributed by atoms with van der Waals surface area (Å²) in [6.45, 7) is 2.54. The summed E-state index contributed by atoms with van der Waals surface area (Å²) in [6, 6.07) is 4.13. The van der Waals surface area contributed by atoms with Crippen LogP contribution in [0, 0.1) is 0 Å². The summed E-state index contributed by atoms with van der Waals surface area (Å²) in [5.74, 6) is 1.99. The molecule has 1 atom stereocenters. The zero-order valence-electron chi connectivity index (χ0n) is 14.5. The van der Waals surface area contributed by atoms with Gasteiger partial charge in [-0.25, -0.2) is 4.98 Å². The number of aromatic nitrogens is 5. The van der Waals surface area contributed by atoms with E-state index in [-0.39, 0.29) is 0 Å². The van der Waals surface area contributed by atoms with Crippen molar-refractivity contribution in [1.29, 1.82) is 0 Å². The number of aliphatic hydroxyl groups excluding tert-OH is 1. The lowest BCUT2D eigenvalue weighted by Gasteiger charge is -2.32. The van der Waals surface area contributed by atoms with Gasteiger partial charge < -0.3 is 10.0 Å². The minimum absolute atomic E-state index is 0.375. The van der Waals surface area contributed by atoms with Crippen LogP contribution in [0.15, 0.2) is 23.0 Å². The number of β-amino-alcohol motifs (C(OH)–C–C–N with tert-alkyl or cyclic N) is 1. The van der Waals surface area contributed by atoms with E-state index in [0.717, 1.165) is 43.1 Å². The lowest BCUT2D eigenvalue weighted by atomic mass is 9.96. The SMILES string of the molecule is OC(CN1CCC(c2nnc3ccc(C4CC4)nn23)CC1)c1cscn1. The quantitative estimate of drug-likeness (QED) is 0.743. The molecule has 3 aromatic heterocycles. The molecular formula is C18H22N6OS. The highest BCUT2D eigenvalue weighted by molar-refractivity contribution is 7.07. The molecule has 0 amide bonds. The monoisotopic (exact) mass is 370 g/mol. The van der Waals surface area contributed by atoms with Crippen LogP contribution in [0.5, 0.6) is 0 Å². The van der Waals surface area contributed by atoms with Gasteiger partial charge in [0, 0.05) is 23.8 Å². The Morgan fingerprint density at radius 3 is 2.69 bits per heavy atom. The number of hydrogen-bond acceptors (Lipinski definition) is 7. The van der Waals surface area contributed by atoms with Gasteiger partial charge in [0.2, 0.25) is 0 Å². The molecule has 4 heterocycles. The Kier molecular flexibility index (Phi) is 4.18. The first-order valence-corrected chi connectivity index (χ1v) is 10.2. The summed E-state index contributed by atoms with van der Waals surface area (Å²) in [5.41, 5.74) is 4.55. The van der Waals surface area contributed by atoms with Crippen molar-refractivity contribution in [3.63, 3.8) is 0 Å². The molecule has 8 heteroatoms. The zero-order valence-corrected chi connectivity index (χ0v) is 15.3. The Hall–Kier alpha value is -1.90. The van der Waals surface area contributed by atoms with Crippen molar-refractivity contribution in [1.82, 2.24) is 29.7 Å². The van der Waals surface area contributed by atoms with E-state index in [9.17, 15) is 5.11 Å². The maximum atomic E-state index is 10.3. The van der Waals surface area contributed by atoms with Crippen molar-refractivity contribution in [2.45, 2.75) is 43.6 Å². The maximum Gasteiger partial charge on any atom is 0.177 e. The third kappa shape index (κ3) is 3.13. The van der Waals surface area contributed by atoms with Crippen molar-refractivity contribution >= 4 is 17.0 Å². The van der Waals surface area contributed by atoms with Gasteiger partial charge in [-0.2, -0.15) is 9.61 Å². The number of hydrogen-bond donors (Lipinski definition) is 1. The maximum absolute atomic E-state index is 10.3. The van der Waals surface area contributed by atoms with E-state index < -0.39 is 6.10 Å². The predicted octanol–water partition coefficient (Wildman–Crippen LogP) is 2.37. The highest BCUT2D eigenvalue weighted by Crippen LogP contribution is 2.39. The first-order valence-electron chi connectivity index (χ1n) is 9.28. The van der Waals surface area contributed by atoms with Crippen LogP contribution in [0.4, 0.5) is 0 Å². The fourth-order valence-electron chi connectivity index (χ4n) is 3.77. The minimum atomic E-state index is -0.505. The summed E-state index contributed by atoms with van der Waals surface area (Å²) in [6.07, 6.45) is 4.01. The molecule has 1 saturated heterocycles. The molecule has 1 aliphatic carbocycles. The second kappa shape index (κ2) is 6.68. The highest BCUT2D eigenvalue weighted by atomic mass is 32.1. The minimum Gasteiger partial charge on any atom is -0.385 e. The number of fused-ring (bicyclic) bond motifs is 1. The highest BCUT2D eigenvalue weighted by Gasteiger charge is 2.29. The molecule has 1 saturated carbocycles. The number of likely N-dealkylation sites (tertiary alicyclic amines) is 1. The van der Waals surface area contributed by atoms with E-state index >= 15 is 0 Å². The van der Waals surface area contributed by atoms with Crippen LogP contribution in [0.25, 0.3) is 5.65 Å². The van der Waals surface area contributed by atoms with E-state index in [2.05, 4.69) is 26.1 Å². The molecule has 0 aromatic carbocycles. The van der Waals surface area contributed by atoms with Crippen LogP contribution in [0.1, 0.15) is 60.8 Å². The second-order valence-corrected chi connectivity index (χ2v) is 8.08. The van der Waals surface area contributed by atoms with Gasteiger partial charge in [0.05, 0.1) is 16.9 Å².